The van der Waals surface area contributed by atoms with E-state index in [4.69, 9.17) is 14.6 Å². The first-order valence-corrected chi connectivity index (χ1v) is 11.3. The van der Waals surface area contributed by atoms with Crippen molar-refractivity contribution in [2.24, 2.45) is 0 Å². The summed E-state index contributed by atoms with van der Waals surface area (Å²) in [5, 5.41) is 29.1. The summed E-state index contributed by atoms with van der Waals surface area (Å²) in [5.74, 6) is -1.08. The predicted octanol–water partition coefficient (Wildman–Crippen LogP) is 3.54. The van der Waals surface area contributed by atoms with E-state index in [1.807, 2.05) is 12.2 Å². The molecule has 7 nitrogen and oxygen atoms in total. The second-order valence-electron chi connectivity index (χ2n) is 7.36. The highest BCUT2D eigenvalue weighted by molar-refractivity contribution is 5.69. The molecule has 32 heavy (non-hydrogen) atoms. The number of aliphatic hydroxyl groups excluding tert-OH is 3. The van der Waals surface area contributed by atoms with Gasteiger partial charge in [0.15, 0.2) is 6.10 Å². The zero-order valence-electron chi connectivity index (χ0n) is 19.4. The molecule has 3 atom stereocenters. The van der Waals surface area contributed by atoms with E-state index in [-0.39, 0.29) is 19.4 Å². The maximum atomic E-state index is 11.7. The van der Waals surface area contributed by atoms with E-state index in [1.54, 1.807) is 0 Å². The Morgan fingerprint density at radius 3 is 1.97 bits per heavy atom. The third-order valence-corrected chi connectivity index (χ3v) is 4.39. The van der Waals surface area contributed by atoms with Crippen molar-refractivity contribution >= 4 is 11.9 Å². The maximum absolute atomic E-state index is 11.7. The first kappa shape index (κ1) is 29.8. The molecule has 7 heteroatoms. The lowest BCUT2D eigenvalue weighted by Gasteiger charge is -2.16. The SMILES string of the molecule is CC/C=C\C/C=C\C/C=C\C/C=C\C[C@H](O)[C@@H](O)CCCC(=O)OC[C@H](CO)OC(C)=O. The lowest BCUT2D eigenvalue weighted by molar-refractivity contribution is -0.159. The minimum absolute atomic E-state index is 0.0615. The van der Waals surface area contributed by atoms with E-state index >= 15 is 0 Å². The average Bonchev–Trinajstić information content (AvgIpc) is 2.76. The number of carbonyl (C=O) groups is 2. The van der Waals surface area contributed by atoms with Gasteiger partial charge >= 0.3 is 11.9 Å². The largest absolute Gasteiger partial charge is 0.462 e. The van der Waals surface area contributed by atoms with Crippen LogP contribution in [0.5, 0.6) is 0 Å². The summed E-state index contributed by atoms with van der Waals surface area (Å²) in [7, 11) is 0. The van der Waals surface area contributed by atoms with Gasteiger partial charge < -0.3 is 24.8 Å². The smallest absolute Gasteiger partial charge is 0.305 e. The van der Waals surface area contributed by atoms with Crippen LogP contribution in [0.4, 0.5) is 0 Å². The van der Waals surface area contributed by atoms with Crippen molar-refractivity contribution in [2.75, 3.05) is 13.2 Å². The van der Waals surface area contributed by atoms with Crippen LogP contribution in [0.3, 0.4) is 0 Å². The second kappa shape index (κ2) is 20.7. The van der Waals surface area contributed by atoms with Gasteiger partial charge in [-0.05, 0) is 44.9 Å². The zero-order chi connectivity index (χ0) is 24.0. The fourth-order valence-corrected chi connectivity index (χ4v) is 2.64. The molecule has 0 radical (unpaired) electrons. The molecule has 0 heterocycles. The van der Waals surface area contributed by atoms with Crippen LogP contribution in [-0.2, 0) is 19.1 Å². The molecule has 0 fully saturated rings. The number of esters is 2. The molecule has 0 saturated carbocycles. The van der Waals surface area contributed by atoms with Crippen LogP contribution in [0.1, 0.15) is 65.2 Å². The van der Waals surface area contributed by atoms with Crippen LogP contribution in [-0.4, -0.2) is 58.8 Å². The van der Waals surface area contributed by atoms with E-state index in [0.717, 1.165) is 25.7 Å². The van der Waals surface area contributed by atoms with Crippen LogP contribution < -0.4 is 0 Å². The van der Waals surface area contributed by atoms with Crippen molar-refractivity contribution in [3.8, 4) is 0 Å². The first-order valence-electron chi connectivity index (χ1n) is 11.3. The van der Waals surface area contributed by atoms with E-state index in [9.17, 15) is 19.8 Å². The molecule has 0 aromatic rings. The number of allylic oxidation sites excluding steroid dienone is 7. The summed E-state index contributed by atoms with van der Waals surface area (Å²) < 4.78 is 9.71. The number of ether oxygens (including phenoxy) is 2. The van der Waals surface area contributed by atoms with Crippen LogP contribution >= 0.6 is 0 Å². The summed E-state index contributed by atoms with van der Waals surface area (Å²) in [6.45, 7) is 2.67. The minimum Gasteiger partial charge on any atom is -0.462 e. The van der Waals surface area contributed by atoms with Gasteiger partial charge in [-0.1, -0.05) is 55.5 Å². The highest BCUT2D eigenvalue weighted by atomic mass is 16.6. The van der Waals surface area contributed by atoms with Crippen LogP contribution in [0.25, 0.3) is 0 Å². The van der Waals surface area contributed by atoms with Crippen molar-refractivity contribution in [3.05, 3.63) is 48.6 Å². The van der Waals surface area contributed by atoms with Gasteiger partial charge in [0.1, 0.15) is 6.61 Å². The van der Waals surface area contributed by atoms with E-state index in [2.05, 4.69) is 43.4 Å². The van der Waals surface area contributed by atoms with Crippen molar-refractivity contribution in [2.45, 2.75) is 83.5 Å². The lowest BCUT2D eigenvalue weighted by atomic mass is 10.0. The molecule has 0 saturated heterocycles. The Balaban J connectivity index is 3.89. The molecule has 0 aliphatic heterocycles. The molecule has 0 unspecified atom stereocenters. The summed E-state index contributed by atoms with van der Waals surface area (Å²) in [5.41, 5.74) is 0. The molecule has 3 N–H and O–H groups in total. The van der Waals surface area contributed by atoms with Gasteiger partial charge in [-0.15, -0.1) is 0 Å². The van der Waals surface area contributed by atoms with Gasteiger partial charge in [-0.2, -0.15) is 0 Å². The van der Waals surface area contributed by atoms with Gasteiger partial charge in [0.25, 0.3) is 0 Å². The van der Waals surface area contributed by atoms with Gasteiger partial charge in [0.05, 0.1) is 18.8 Å². The molecule has 0 amide bonds. The fraction of sp³-hybridized carbons (Fsp3) is 0.600. The lowest BCUT2D eigenvalue weighted by Crippen LogP contribution is -2.28. The quantitative estimate of drug-likeness (QED) is 0.215. The molecule has 0 aliphatic carbocycles. The summed E-state index contributed by atoms with van der Waals surface area (Å²) in [6, 6.07) is 0. The Kier molecular flexibility index (Phi) is 19.2. The van der Waals surface area contributed by atoms with E-state index in [0.29, 0.717) is 12.8 Å². The molecule has 0 spiro atoms. The van der Waals surface area contributed by atoms with Gasteiger partial charge in [0, 0.05) is 13.3 Å². The summed E-state index contributed by atoms with van der Waals surface area (Å²) >= 11 is 0. The fourth-order valence-electron chi connectivity index (χ4n) is 2.64. The van der Waals surface area contributed by atoms with Gasteiger partial charge in [-0.3, -0.25) is 9.59 Å². The van der Waals surface area contributed by atoms with Crippen molar-refractivity contribution in [1.29, 1.82) is 0 Å². The Morgan fingerprint density at radius 2 is 1.44 bits per heavy atom. The summed E-state index contributed by atoms with van der Waals surface area (Å²) in [6.07, 6.45) is 18.5. The van der Waals surface area contributed by atoms with Gasteiger partial charge in [0.2, 0.25) is 0 Å². The topological polar surface area (TPSA) is 113 Å². The molecule has 182 valence electrons. The van der Waals surface area contributed by atoms with Crippen LogP contribution in [0.2, 0.25) is 0 Å². The number of hydrogen-bond donors (Lipinski definition) is 3. The Hall–Kier alpha value is -2.22. The highest BCUT2D eigenvalue weighted by Crippen LogP contribution is 2.10. The molecule has 0 rings (SSSR count). The number of hydrogen-bond acceptors (Lipinski definition) is 7. The Bertz CT molecular complexity index is 607. The predicted molar refractivity (Wildman–Crippen MR) is 125 cm³/mol. The molecular weight excluding hydrogens is 412 g/mol. The number of rotatable bonds is 18. The Labute approximate surface area is 192 Å². The van der Waals surface area contributed by atoms with Crippen molar-refractivity contribution in [1.82, 2.24) is 0 Å². The number of aliphatic hydroxyl groups is 3. The molecule has 0 aromatic heterocycles. The standard InChI is InChI=1S/C25H40O7/c1-3-4-5-6-7-8-9-10-11-12-13-14-16-23(28)24(29)17-15-18-25(30)31-20-22(19-26)32-21(2)27/h4-5,7-8,10-11,13-14,22-24,26,28-29H,3,6,9,12,15-20H2,1-2H3/b5-4-,8-7-,11-10-,14-13-/t22-,23-,24-/m0/s1. The molecule has 0 aliphatic rings. The monoisotopic (exact) mass is 452 g/mol. The van der Waals surface area contributed by atoms with E-state index < -0.39 is 36.9 Å². The zero-order valence-corrected chi connectivity index (χ0v) is 19.4. The summed E-state index contributed by atoms with van der Waals surface area (Å²) in [4.78, 5) is 22.5. The normalized spacial score (nSPS) is 15.0. The highest BCUT2D eigenvalue weighted by Gasteiger charge is 2.17. The molecule has 0 bridgehead atoms. The third kappa shape index (κ3) is 18.5. The third-order valence-electron chi connectivity index (χ3n) is 4.39. The molecule has 0 aromatic carbocycles. The first-order chi connectivity index (χ1) is 15.4. The minimum atomic E-state index is -0.930. The van der Waals surface area contributed by atoms with Crippen molar-refractivity contribution in [3.63, 3.8) is 0 Å². The second-order valence-corrected chi connectivity index (χ2v) is 7.36. The van der Waals surface area contributed by atoms with Crippen LogP contribution in [0.15, 0.2) is 48.6 Å². The van der Waals surface area contributed by atoms with Crippen LogP contribution in [0, 0.1) is 0 Å². The van der Waals surface area contributed by atoms with Gasteiger partial charge in [-0.25, -0.2) is 0 Å². The molecular formula is C25H40O7. The number of carbonyl (C=O) groups excluding carboxylic acids is 2. The maximum Gasteiger partial charge on any atom is 0.305 e. The Morgan fingerprint density at radius 1 is 0.875 bits per heavy atom. The average molecular weight is 453 g/mol. The van der Waals surface area contributed by atoms with E-state index in [1.165, 1.54) is 6.92 Å². The van der Waals surface area contributed by atoms with Crippen molar-refractivity contribution < 1.29 is 34.4 Å².